The average Bonchev–Trinajstić information content (AvgIpc) is 1.90. The Morgan fingerprint density at radius 3 is 2.00 bits per heavy atom. The first-order chi connectivity index (χ1) is 3.93. The summed E-state index contributed by atoms with van der Waals surface area (Å²) in [5.74, 6) is 0. The molecule has 1 N–H and O–H groups in total. The van der Waals surface area contributed by atoms with E-state index in [1.165, 1.54) is 0 Å². The summed E-state index contributed by atoms with van der Waals surface area (Å²) in [6.07, 6.45) is 2.28. The molecule has 1 nitrogen and oxygen atoms in total. The minimum absolute atomic E-state index is 0. The standard InChI is InChI=1S/C7H6N.Pd/c8-6-7-4-2-1-3-5-7;/h1-5,8H;/q+1;. The molecule has 1 aromatic carbocycles. The smallest absolute Gasteiger partial charge is 0.184 e. The minimum Gasteiger partial charge on any atom is -0.184 e. The molecule has 0 saturated heterocycles. The third kappa shape index (κ3) is 2.49. The summed E-state index contributed by atoms with van der Waals surface area (Å²) < 4.78 is 0. The SMILES string of the molecule is N=[C+]c1ccccc1.[Pd]. The number of hydrogen-bond acceptors (Lipinski definition) is 1. The monoisotopic (exact) mass is 210 g/mol. The Morgan fingerprint density at radius 2 is 1.67 bits per heavy atom. The Bertz CT molecular complexity index is 172. The van der Waals surface area contributed by atoms with Gasteiger partial charge in [-0.25, -0.2) is 0 Å². The van der Waals surface area contributed by atoms with Crippen molar-refractivity contribution in [2.24, 2.45) is 0 Å². The second kappa shape index (κ2) is 4.35. The zero-order valence-corrected chi connectivity index (χ0v) is 6.26. The molecule has 0 aliphatic heterocycles. The zero-order valence-electron chi connectivity index (χ0n) is 4.70. The molecule has 0 heterocycles. The van der Waals surface area contributed by atoms with Crippen molar-refractivity contribution in [3.8, 4) is 0 Å². The van der Waals surface area contributed by atoms with Gasteiger partial charge in [-0.3, -0.25) is 0 Å². The normalized spacial score (nSPS) is 7.11. The Balaban J connectivity index is 0.000000640. The molecule has 0 bridgehead atoms. The molecule has 48 valence electrons. The van der Waals surface area contributed by atoms with Gasteiger partial charge >= 0.3 is 0 Å². The largest absolute Gasteiger partial charge is 0.208 e. The first kappa shape index (κ1) is 8.46. The molecule has 2 heteroatoms. The second-order valence-corrected chi connectivity index (χ2v) is 1.49. The Morgan fingerprint density at radius 1 is 1.11 bits per heavy atom. The number of rotatable bonds is 1. The fourth-order valence-corrected chi connectivity index (χ4v) is 0.521. The summed E-state index contributed by atoms with van der Waals surface area (Å²) in [5.41, 5.74) is 0.826. The topological polar surface area (TPSA) is 23.9 Å². The van der Waals surface area contributed by atoms with Gasteiger partial charge in [-0.1, -0.05) is 0 Å². The van der Waals surface area contributed by atoms with Crippen LogP contribution < -0.4 is 0 Å². The molecule has 0 atom stereocenters. The number of nitrogens with one attached hydrogen (secondary N) is 1. The van der Waals surface area contributed by atoms with Crippen molar-refractivity contribution in [3.05, 3.63) is 35.9 Å². The van der Waals surface area contributed by atoms with Crippen molar-refractivity contribution in [2.45, 2.75) is 0 Å². The molecule has 0 spiro atoms. The summed E-state index contributed by atoms with van der Waals surface area (Å²) in [6, 6.07) is 9.37. The van der Waals surface area contributed by atoms with Crippen LogP contribution in [0.15, 0.2) is 30.3 Å². The maximum Gasteiger partial charge on any atom is 0.208 e. The van der Waals surface area contributed by atoms with E-state index in [2.05, 4.69) is 6.21 Å². The van der Waals surface area contributed by atoms with Crippen molar-refractivity contribution in [3.63, 3.8) is 0 Å². The van der Waals surface area contributed by atoms with E-state index >= 15 is 0 Å². The van der Waals surface area contributed by atoms with Crippen molar-refractivity contribution < 1.29 is 20.4 Å². The molecule has 0 aromatic heterocycles. The maximum absolute atomic E-state index is 6.69. The van der Waals surface area contributed by atoms with Crippen LogP contribution in [0.25, 0.3) is 0 Å². The average molecular weight is 211 g/mol. The Hall–Kier alpha value is -0.538. The van der Waals surface area contributed by atoms with E-state index in [4.69, 9.17) is 5.41 Å². The number of benzene rings is 1. The van der Waals surface area contributed by atoms with Crippen molar-refractivity contribution in [1.82, 2.24) is 0 Å². The summed E-state index contributed by atoms with van der Waals surface area (Å²) in [4.78, 5) is 0. The zero-order chi connectivity index (χ0) is 5.82. The third-order valence-electron chi connectivity index (χ3n) is 0.918. The molecular weight excluding hydrogens is 205 g/mol. The quantitative estimate of drug-likeness (QED) is 0.413. The fourth-order valence-electron chi connectivity index (χ4n) is 0.521. The van der Waals surface area contributed by atoms with Crippen molar-refractivity contribution in [1.29, 1.82) is 5.41 Å². The van der Waals surface area contributed by atoms with Crippen LogP contribution in [0.1, 0.15) is 5.56 Å². The van der Waals surface area contributed by atoms with E-state index < -0.39 is 0 Å². The van der Waals surface area contributed by atoms with E-state index in [1.54, 1.807) is 0 Å². The fraction of sp³-hybridized carbons (Fsp3) is 0. The molecule has 1 rings (SSSR count). The van der Waals surface area contributed by atoms with E-state index in [9.17, 15) is 0 Å². The maximum atomic E-state index is 6.69. The molecule has 0 fully saturated rings. The molecule has 0 aliphatic rings. The summed E-state index contributed by atoms with van der Waals surface area (Å²) >= 11 is 0. The number of hydrogen-bond donors (Lipinski definition) is 1. The van der Waals surface area contributed by atoms with Gasteiger partial charge < -0.3 is 0 Å². The van der Waals surface area contributed by atoms with Crippen LogP contribution in [0.5, 0.6) is 0 Å². The molecule has 1 aromatic rings. The summed E-state index contributed by atoms with van der Waals surface area (Å²) in [6.45, 7) is 0. The van der Waals surface area contributed by atoms with Crippen LogP contribution in [0.3, 0.4) is 0 Å². The molecule has 0 saturated carbocycles. The summed E-state index contributed by atoms with van der Waals surface area (Å²) in [5, 5.41) is 6.69. The van der Waals surface area contributed by atoms with Gasteiger partial charge in [0, 0.05) is 20.4 Å². The van der Waals surface area contributed by atoms with Crippen LogP contribution in [0.4, 0.5) is 0 Å². The van der Waals surface area contributed by atoms with E-state index in [0.29, 0.717) is 0 Å². The van der Waals surface area contributed by atoms with E-state index in [1.807, 2.05) is 30.3 Å². The van der Waals surface area contributed by atoms with Gasteiger partial charge in [0.1, 0.15) is 0 Å². The van der Waals surface area contributed by atoms with Crippen LogP contribution in [-0.4, -0.2) is 6.21 Å². The molecule has 0 unspecified atom stereocenters. The predicted octanol–water partition coefficient (Wildman–Crippen LogP) is 1.56. The van der Waals surface area contributed by atoms with Crippen LogP contribution >= 0.6 is 0 Å². The first-order valence-corrected chi connectivity index (χ1v) is 2.41. The van der Waals surface area contributed by atoms with E-state index in [-0.39, 0.29) is 20.4 Å². The van der Waals surface area contributed by atoms with E-state index in [0.717, 1.165) is 5.56 Å². The van der Waals surface area contributed by atoms with Gasteiger partial charge in [0.15, 0.2) is 6.21 Å². The Labute approximate surface area is 68.3 Å². The van der Waals surface area contributed by atoms with Crippen molar-refractivity contribution in [2.75, 3.05) is 0 Å². The van der Waals surface area contributed by atoms with Gasteiger partial charge in [-0.05, 0) is 18.2 Å². The molecule has 0 radical (unpaired) electrons. The second-order valence-electron chi connectivity index (χ2n) is 1.49. The van der Waals surface area contributed by atoms with Gasteiger partial charge in [-0.15, -0.1) is 0 Å². The van der Waals surface area contributed by atoms with Gasteiger partial charge in [0.25, 0.3) is 0 Å². The van der Waals surface area contributed by atoms with Crippen LogP contribution in [0, 0.1) is 5.41 Å². The van der Waals surface area contributed by atoms with Crippen LogP contribution in [-0.2, 0) is 20.4 Å². The van der Waals surface area contributed by atoms with Gasteiger partial charge in [-0.2, -0.15) is 5.41 Å². The van der Waals surface area contributed by atoms with Gasteiger partial charge in [0.05, 0.1) is 12.1 Å². The van der Waals surface area contributed by atoms with Crippen molar-refractivity contribution >= 4 is 6.21 Å². The first-order valence-electron chi connectivity index (χ1n) is 2.41. The Kier molecular flexibility index (Phi) is 4.09. The molecule has 0 amide bonds. The summed E-state index contributed by atoms with van der Waals surface area (Å²) in [7, 11) is 0. The molecular formula is C7H6NPd+. The minimum atomic E-state index is 0. The third-order valence-corrected chi connectivity index (χ3v) is 0.918. The van der Waals surface area contributed by atoms with Crippen LogP contribution in [0.2, 0.25) is 0 Å². The molecule has 9 heavy (non-hydrogen) atoms. The van der Waals surface area contributed by atoms with Gasteiger partial charge in [0.2, 0.25) is 5.56 Å². The predicted molar refractivity (Wildman–Crippen MR) is 33.3 cm³/mol. The molecule has 0 aliphatic carbocycles.